The Morgan fingerprint density at radius 1 is 1.18 bits per heavy atom. The quantitative estimate of drug-likeness (QED) is 0.689. The van der Waals surface area contributed by atoms with Crippen LogP contribution in [-0.4, -0.2) is 9.38 Å². The van der Waals surface area contributed by atoms with Crippen LogP contribution in [0.25, 0.3) is 16.9 Å². The second kappa shape index (κ2) is 3.63. The van der Waals surface area contributed by atoms with Crippen molar-refractivity contribution in [3.63, 3.8) is 0 Å². The molecule has 0 spiro atoms. The molecule has 3 nitrogen and oxygen atoms in total. The van der Waals surface area contributed by atoms with E-state index < -0.39 is 0 Å². The Morgan fingerprint density at radius 3 is 2.88 bits per heavy atom. The average Bonchev–Trinajstić information content (AvgIpc) is 2.71. The fourth-order valence-electron chi connectivity index (χ4n) is 2.00. The number of anilines is 1. The standard InChI is InChI=1S/C14H13N3/c1-10-3-2-4-11(7-10)14-16-8-13-6-5-12(15)9-17(13)14/h2-9H,15H2,1H3. The monoisotopic (exact) mass is 223 g/mol. The minimum Gasteiger partial charge on any atom is -0.398 e. The van der Waals surface area contributed by atoms with Crippen molar-refractivity contribution in [2.75, 3.05) is 5.73 Å². The summed E-state index contributed by atoms with van der Waals surface area (Å²) in [6.07, 6.45) is 3.76. The molecule has 2 heterocycles. The van der Waals surface area contributed by atoms with Crippen LogP contribution < -0.4 is 5.73 Å². The normalized spacial score (nSPS) is 10.9. The van der Waals surface area contributed by atoms with Gasteiger partial charge < -0.3 is 5.73 Å². The van der Waals surface area contributed by atoms with Gasteiger partial charge in [0.05, 0.1) is 11.7 Å². The first-order chi connectivity index (χ1) is 8.24. The highest BCUT2D eigenvalue weighted by Crippen LogP contribution is 2.21. The Balaban J connectivity index is 2.27. The molecule has 0 saturated carbocycles. The number of aryl methyl sites for hydroxylation is 1. The smallest absolute Gasteiger partial charge is 0.144 e. The van der Waals surface area contributed by atoms with Crippen molar-refractivity contribution in [3.05, 3.63) is 54.4 Å². The Morgan fingerprint density at radius 2 is 2.06 bits per heavy atom. The van der Waals surface area contributed by atoms with Gasteiger partial charge in [-0.3, -0.25) is 4.40 Å². The van der Waals surface area contributed by atoms with Gasteiger partial charge >= 0.3 is 0 Å². The summed E-state index contributed by atoms with van der Waals surface area (Å²) in [5, 5.41) is 0. The highest BCUT2D eigenvalue weighted by molar-refractivity contribution is 5.64. The van der Waals surface area contributed by atoms with Gasteiger partial charge in [-0.25, -0.2) is 4.98 Å². The molecular weight excluding hydrogens is 210 g/mol. The summed E-state index contributed by atoms with van der Waals surface area (Å²) in [7, 11) is 0. The van der Waals surface area contributed by atoms with E-state index in [4.69, 9.17) is 5.73 Å². The minimum absolute atomic E-state index is 0.740. The lowest BCUT2D eigenvalue weighted by Crippen LogP contribution is -1.93. The van der Waals surface area contributed by atoms with Gasteiger partial charge in [0.1, 0.15) is 5.82 Å². The molecule has 0 aliphatic heterocycles. The molecule has 84 valence electrons. The van der Waals surface area contributed by atoms with Crippen LogP contribution in [0.1, 0.15) is 5.56 Å². The summed E-state index contributed by atoms with van der Waals surface area (Å²) in [5.41, 5.74) is 9.94. The van der Waals surface area contributed by atoms with Gasteiger partial charge in [0.25, 0.3) is 0 Å². The maximum absolute atomic E-state index is 5.81. The second-order valence-electron chi connectivity index (χ2n) is 4.21. The zero-order valence-electron chi connectivity index (χ0n) is 9.59. The van der Waals surface area contributed by atoms with Crippen LogP contribution in [0.2, 0.25) is 0 Å². The molecule has 0 aliphatic rings. The number of fused-ring (bicyclic) bond motifs is 1. The molecule has 3 rings (SSSR count). The van der Waals surface area contributed by atoms with Crippen LogP contribution in [0.4, 0.5) is 5.69 Å². The van der Waals surface area contributed by atoms with Crippen molar-refractivity contribution in [1.82, 2.24) is 9.38 Å². The van der Waals surface area contributed by atoms with Gasteiger partial charge in [-0.2, -0.15) is 0 Å². The summed E-state index contributed by atoms with van der Waals surface area (Å²) in [4.78, 5) is 4.46. The molecule has 0 fully saturated rings. The number of nitrogens with two attached hydrogens (primary N) is 1. The van der Waals surface area contributed by atoms with Gasteiger partial charge in [0.2, 0.25) is 0 Å². The topological polar surface area (TPSA) is 43.3 Å². The summed E-state index contributed by atoms with van der Waals surface area (Å²) < 4.78 is 2.02. The van der Waals surface area contributed by atoms with E-state index in [1.807, 2.05) is 35.0 Å². The van der Waals surface area contributed by atoms with Crippen molar-refractivity contribution in [3.8, 4) is 11.4 Å². The first-order valence-corrected chi connectivity index (χ1v) is 5.54. The van der Waals surface area contributed by atoms with Crippen molar-refractivity contribution in [2.24, 2.45) is 0 Å². The minimum atomic E-state index is 0.740. The van der Waals surface area contributed by atoms with Gasteiger partial charge in [-0.1, -0.05) is 23.8 Å². The molecule has 3 heteroatoms. The maximum Gasteiger partial charge on any atom is 0.144 e. The van der Waals surface area contributed by atoms with Crippen molar-refractivity contribution >= 4 is 11.2 Å². The molecular formula is C14H13N3. The number of hydrogen-bond acceptors (Lipinski definition) is 2. The molecule has 0 aliphatic carbocycles. The number of pyridine rings is 1. The molecule has 0 atom stereocenters. The number of rotatable bonds is 1. The van der Waals surface area contributed by atoms with E-state index in [9.17, 15) is 0 Å². The van der Waals surface area contributed by atoms with Gasteiger partial charge in [-0.15, -0.1) is 0 Å². The average molecular weight is 223 g/mol. The molecule has 0 saturated heterocycles. The number of benzene rings is 1. The lowest BCUT2D eigenvalue weighted by molar-refractivity contribution is 1.16. The van der Waals surface area contributed by atoms with Gasteiger partial charge in [0, 0.05) is 17.4 Å². The predicted octanol–water partition coefficient (Wildman–Crippen LogP) is 2.89. The first-order valence-electron chi connectivity index (χ1n) is 5.54. The van der Waals surface area contributed by atoms with E-state index in [1.54, 1.807) is 0 Å². The number of nitrogen functional groups attached to an aromatic ring is 1. The molecule has 3 aromatic rings. The second-order valence-corrected chi connectivity index (χ2v) is 4.21. The van der Waals surface area contributed by atoms with E-state index in [-0.39, 0.29) is 0 Å². The highest BCUT2D eigenvalue weighted by atomic mass is 15.0. The van der Waals surface area contributed by atoms with Crippen LogP contribution >= 0.6 is 0 Å². The molecule has 1 aromatic carbocycles. The molecule has 0 unspecified atom stereocenters. The third kappa shape index (κ3) is 1.65. The van der Waals surface area contributed by atoms with E-state index in [1.165, 1.54) is 5.56 Å². The molecule has 2 aromatic heterocycles. The zero-order valence-corrected chi connectivity index (χ0v) is 9.59. The predicted molar refractivity (Wildman–Crippen MR) is 69.8 cm³/mol. The van der Waals surface area contributed by atoms with Crippen LogP contribution in [-0.2, 0) is 0 Å². The third-order valence-corrected chi connectivity index (χ3v) is 2.83. The first kappa shape index (κ1) is 9.90. The van der Waals surface area contributed by atoms with Crippen molar-refractivity contribution in [2.45, 2.75) is 6.92 Å². The largest absolute Gasteiger partial charge is 0.398 e. The number of aromatic nitrogens is 2. The number of hydrogen-bond donors (Lipinski definition) is 1. The lowest BCUT2D eigenvalue weighted by Gasteiger charge is -2.03. The number of imidazole rings is 1. The fourth-order valence-corrected chi connectivity index (χ4v) is 2.00. The van der Waals surface area contributed by atoms with Crippen molar-refractivity contribution in [1.29, 1.82) is 0 Å². The Bertz CT molecular complexity index is 683. The summed E-state index contributed by atoms with van der Waals surface area (Å²) >= 11 is 0. The molecule has 2 N–H and O–H groups in total. The van der Waals surface area contributed by atoms with Crippen molar-refractivity contribution < 1.29 is 0 Å². The lowest BCUT2D eigenvalue weighted by atomic mass is 10.1. The zero-order chi connectivity index (χ0) is 11.8. The SMILES string of the molecule is Cc1cccc(-c2ncc3ccc(N)cn23)c1. The summed E-state index contributed by atoms with van der Waals surface area (Å²) in [6.45, 7) is 2.08. The fraction of sp³-hybridized carbons (Fsp3) is 0.0714. The Hall–Kier alpha value is -2.29. The van der Waals surface area contributed by atoms with Crippen LogP contribution in [0.15, 0.2) is 48.8 Å². The van der Waals surface area contributed by atoms with Gasteiger partial charge in [0.15, 0.2) is 0 Å². The van der Waals surface area contributed by atoms with E-state index in [2.05, 4.69) is 30.1 Å². The molecule has 17 heavy (non-hydrogen) atoms. The van der Waals surface area contributed by atoms with Crippen LogP contribution in [0.3, 0.4) is 0 Å². The molecule has 0 radical (unpaired) electrons. The molecule has 0 bridgehead atoms. The highest BCUT2D eigenvalue weighted by Gasteiger charge is 2.06. The summed E-state index contributed by atoms with van der Waals surface area (Å²) in [6, 6.07) is 12.2. The Kier molecular flexibility index (Phi) is 2.11. The van der Waals surface area contributed by atoms with E-state index in [0.29, 0.717) is 0 Å². The van der Waals surface area contributed by atoms with E-state index in [0.717, 1.165) is 22.6 Å². The number of nitrogens with zero attached hydrogens (tertiary/aromatic N) is 2. The Labute approximate surface area is 99.5 Å². The van der Waals surface area contributed by atoms with E-state index >= 15 is 0 Å². The maximum atomic E-state index is 5.81. The van der Waals surface area contributed by atoms with Crippen LogP contribution in [0.5, 0.6) is 0 Å². The molecule has 0 amide bonds. The summed E-state index contributed by atoms with van der Waals surface area (Å²) in [5.74, 6) is 0.927. The van der Waals surface area contributed by atoms with Gasteiger partial charge in [-0.05, 0) is 25.1 Å². The van der Waals surface area contributed by atoms with Crippen LogP contribution in [0, 0.1) is 6.92 Å². The third-order valence-electron chi connectivity index (χ3n) is 2.83.